The number of pyridine rings is 1. The molecule has 6 heteroatoms. The molecule has 0 N–H and O–H groups in total. The number of rotatable bonds is 3. The molecule has 0 spiro atoms. The van der Waals surface area contributed by atoms with E-state index in [1.165, 1.54) is 0 Å². The lowest BCUT2D eigenvalue weighted by molar-refractivity contribution is -0.117. The predicted molar refractivity (Wildman–Crippen MR) is 88.3 cm³/mol. The van der Waals surface area contributed by atoms with E-state index < -0.39 is 0 Å². The van der Waals surface area contributed by atoms with Crippen LogP contribution in [0.25, 0.3) is 0 Å². The topological polar surface area (TPSA) is 39.7 Å². The molecule has 0 bridgehead atoms. The monoisotopic (exact) mass is 306 g/mol. The summed E-state index contributed by atoms with van der Waals surface area (Å²) in [6, 6.07) is 4.04. The average molecular weight is 306 g/mol. The summed E-state index contributed by atoms with van der Waals surface area (Å²) in [5.74, 6) is 2.03. The van der Waals surface area contributed by atoms with Crippen molar-refractivity contribution in [2.75, 3.05) is 55.3 Å². The Morgan fingerprint density at radius 3 is 2.62 bits per heavy atom. The zero-order valence-electron chi connectivity index (χ0n) is 12.4. The van der Waals surface area contributed by atoms with Crippen LogP contribution < -0.4 is 9.80 Å². The van der Waals surface area contributed by atoms with E-state index in [1.54, 1.807) is 4.90 Å². The summed E-state index contributed by atoms with van der Waals surface area (Å²) in [5.41, 5.74) is 1.14. The van der Waals surface area contributed by atoms with Crippen molar-refractivity contribution in [1.82, 2.24) is 9.88 Å². The highest BCUT2D eigenvalue weighted by Gasteiger charge is 2.30. The van der Waals surface area contributed by atoms with Gasteiger partial charge in [0.15, 0.2) is 0 Å². The van der Waals surface area contributed by atoms with Crippen LogP contribution in [-0.4, -0.2) is 61.3 Å². The molecule has 0 aliphatic carbocycles. The molecule has 5 nitrogen and oxygen atoms in total. The van der Waals surface area contributed by atoms with E-state index in [0.717, 1.165) is 50.0 Å². The smallest absolute Gasteiger partial charge is 0.228 e. The number of hydrogen-bond donors (Lipinski definition) is 1. The van der Waals surface area contributed by atoms with Crippen LogP contribution in [0, 0.1) is 5.92 Å². The molecule has 0 aromatic carbocycles. The first-order valence-corrected chi connectivity index (χ1v) is 8.11. The second kappa shape index (κ2) is 6.23. The van der Waals surface area contributed by atoms with E-state index >= 15 is 0 Å². The molecule has 2 aliphatic heterocycles. The van der Waals surface area contributed by atoms with Gasteiger partial charge in [-0.15, -0.1) is 0 Å². The Kier molecular flexibility index (Phi) is 4.35. The molecule has 2 aliphatic rings. The number of thiol groups is 1. The number of piperazine rings is 1. The molecule has 2 saturated heterocycles. The molecular weight excluding hydrogens is 284 g/mol. The molecule has 1 aromatic heterocycles. The molecule has 1 aromatic rings. The van der Waals surface area contributed by atoms with Crippen LogP contribution in [-0.2, 0) is 4.79 Å². The molecular formula is C15H22N4OS. The lowest BCUT2D eigenvalue weighted by Crippen LogP contribution is -2.44. The van der Waals surface area contributed by atoms with E-state index in [-0.39, 0.29) is 5.91 Å². The highest BCUT2D eigenvalue weighted by Crippen LogP contribution is 2.25. The van der Waals surface area contributed by atoms with Crippen LogP contribution >= 0.6 is 12.6 Å². The molecule has 1 amide bonds. The van der Waals surface area contributed by atoms with E-state index in [9.17, 15) is 4.79 Å². The van der Waals surface area contributed by atoms with Gasteiger partial charge in [0.05, 0.1) is 11.9 Å². The van der Waals surface area contributed by atoms with Gasteiger partial charge in [-0.1, -0.05) is 0 Å². The van der Waals surface area contributed by atoms with Crippen LogP contribution in [0.5, 0.6) is 0 Å². The lowest BCUT2D eigenvalue weighted by Gasteiger charge is -2.33. The molecule has 1 atom stereocenters. The van der Waals surface area contributed by atoms with Crippen LogP contribution in [0.1, 0.15) is 6.42 Å². The Labute approximate surface area is 131 Å². The van der Waals surface area contributed by atoms with E-state index in [2.05, 4.69) is 40.5 Å². The third-order valence-corrected chi connectivity index (χ3v) is 4.86. The number of anilines is 2. The number of nitrogens with zero attached hydrogens (tertiary/aromatic N) is 4. The zero-order chi connectivity index (χ0) is 14.8. The third kappa shape index (κ3) is 3.16. The Bertz CT molecular complexity index is 499. The summed E-state index contributed by atoms with van der Waals surface area (Å²) in [6.45, 7) is 4.96. The van der Waals surface area contributed by atoms with E-state index in [1.807, 2.05) is 12.3 Å². The number of likely N-dealkylation sites (N-methyl/N-ethyl adjacent to an activating group) is 1. The largest absolute Gasteiger partial charge is 0.368 e. The van der Waals surface area contributed by atoms with Crippen LogP contribution in [0.3, 0.4) is 0 Å². The van der Waals surface area contributed by atoms with Crippen molar-refractivity contribution in [3.8, 4) is 0 Å². The van der Waals surface area contributed by atoms with Gasteiger partial charge < -0.3 is 9.80 Å². The first-order chi connectivity index (χ1) is 10.2. The third-order valence-electron chi connectivity index (χ3n) is 4.34. The molecule has 0 saturated carbocycles. The summed E-state index contributed by atoms with van der Waals surface area (Å²) < 4.78 is 0. The quantitative estimate of drug-likeness (QED) is 0.850. The van der Waals surface area contributed by atoms with Gasteiger partial charge in [0.25, 0.3) is 0 Å². The molecule has 3 heterocycles. The Morgan fingerprint density at radius 1 is 1.29 bits per heavy atom. The summed E-state index contributed by atoms with van der Waals surface area (Å²) in [6.07, 6.45) is 2.48. The van der Waals surface area contributed by atoms with Crippen molar-refractivity contribution in [2.24, 2.45) is 5.92 Å². The maximum absolute atomic E-state index is 12.0. The Hall–Kier alpha value is -1.27. The lowest BCUT2D eigenvalue weighted by atomic mass is 10.1. The van der Waals surface area contributed by atoms with Gasteiger partial charge in [0.2, 0.25) is 5.91 Å². The van der Waals surface area contributed by atoms with Crippen molar-refractivity contribution in [3.63, 3.8) is 0 Å². The molecule has 2 fully saturated rings. The highest BCUT2D eigenvalue weighted by molar-refractivity contribution is 7.80. The first kappa shape index (κ1) is 14.7. The van der Waals surface area contributed by atoms with Gasteiger partial charge in [-0.2, -0.15) is 12.6 Å². The van der Waals surface area contributed by atoms with Gasteiger partial charge in [0, 0.05) is 39.1 Å². The maximum Gasteiger partial charge on any atom is 0.228 e. The van der Waals surface area contributed by atoms with Crippen LogP contribution in [0.2, 0.25) is 0 Å². The number of hydrogen-bond acceptors (Lipinski definition) is 5. The van der Waals surface area contributed by atoms with Gasteiger partial charge in [-0.25, -0.2) is 4.98 Å². The normalized spacial score (nSPS) is 23.9. The van der Waals surface area contributed by atoms with Crippen LogP contribution in [0.15, 0.2) is 18.3 Å². The van der Waals surface area contributed by atoms with Gasteiger partial charge >= 0.3 is 0 Å². The van der Waals surface area contributed by atoms with Crippen molar-refractivity contribution in [3.05, 3.63) is 18.3 Å². The molecule has 21 heavy (non-hydrogen) atoms. The number of carbonyl (C=O) groups is 1. The van der Waals surface area contributed by atoms with Crippen molar-refractivity contribution >= 4 is 30.0 Å². The zero-order valence-corrected chi connectivity index (χ0v) is 13.3. The molecule has 0 radical (unpaired) electrons. The maximum atomic E-state index is 12.0. The fraction of sp³-hybridized carbons (Fsp3) is 0.600. The van der Waals surface area contributed by atoms with Gasteiger partial charge in [-0.3, -0.25) is 9.69 Å². The highest BCUT2D eigenvalue weighted by atomic mass is 32.1. The van der Waals surface area contributed by atoms with Gasteiger partial charge in [-0.05, 0) is 30.9 Å². The minimum absolute atomic E-state index is 0.161. The van der Waals surface area contributed by atoms with Crippen molar-refractivity contribution < 1.29 is 4.79 Å². The second-order valence-corrected chi connectivity index (χ2v) is 6.29. The number of amides is 1. The fourth-order valence-corrected chi connectivity index (χ4v) is 3.16. The van der Waals surface area contributed by atoms with Crippen LogP contribution in [0.4, 0.5) is 11.5 Å². The number of carbonyl (C=O) groups excluding carboxylic acids is 1. The van der Waals surface area contributed by atoms with Crippen molar-refractivity contribution in [2.45, 2.75) is 6.42 Å². The SMILES string of the molecule is CN1CCN(c2ccc(N3CC(CS)CC3=O)nc2)CC1. The summed E-state index contributed by atoms with van der Waals surface area (Å²) in [5, 5.41) is 0. The Morgan fingerprint density at radius 2 is 2.05 bits per heavy atom. The number of aromatic nitrogens is 1. The van der Waals surface area contributed by atoms with E-state index in [4.69, 9.17) is 0 Å². The fourth-order valence-electron chi connectivity index (χ4n) is 2.91. The molecule has 114 valence electrons. The Balaban J connectivity index is 1.68. The second-order valence-electron chi connectivity index (χ2n) is 5.92. The summed E-state index contributed by atoms with van der Waals surface area (Å²) in [4.78, 5) is 23.0. The standard InChI is InChI=1S/C15H22N4OS/c1-17-4-6-18(7-5-17)13-2-3-14(16-9-13)19-10-12(11-21)8-15(19)20/h2-3,9,12,21H,4-8,10-11H2,1H3. The predicted octanol–water partition coefficient (Wildman–Crippen LogP) is 1.12. The molecule has 1 unspecified atom stereocenters. The molecule has 3 rings (SSSR count). The average Bonchev–Trinajstić information content (AvgIpc) is 2.89. The first-order valence-electron chi connectivity index (χ1n) is 7.48. The minimum atomic E-state index is 0.161. The van der Waals surface area contributed by atoms with E-state index in [0.29, 0.717) is 12.3 Å². The summed E-state index contributed by atoms with van der Waals surface area (Å²) in [7, 11) is 2.15. The minimum Gasteiger partial charge on any atom is -0.368 e. The van der Waals surface area contributed by atoms with Crippen molar-refractivity contribution in [1.29, 1.82) is 0 Å². The van der Waals surface area contributed by atoms with Gasteiger partial charge in [0.1, 0.15) is 5.82 Å². The summed E-state index contributed by atoms with van der Waals surface area (Å²) >= 11 is 4.29.